The van der Waals surface area contributed by atoms with E-state index in [1.54, 1.807) is 6.92 Å². The van der Waals surface area contributed by atoms with E-state index in [0.717, 1.165) is 6.42 Å². The highest BCUT2D eigenvalue weighted by molar-refractivity contribution is 7.89. The number of aryl methyl sites for hydroxylation is 1. The Bertz CT molecular complexity index is 662. The summed E-state index contributed by atoms with van der Waals surface area (Å²) in [5.41, 5.74) is -0.533. The van der Waals surface area contributed by atoms with Crippen LogP contribution in [0.5, 0.6) is 0 Å². The molecular weight excluding hydrogens is 294 g/mol. The van der Waals surface area contributed by atoms with Crippen molar-refractivity contribution in [1.29, 1.82) is 0 Å². The molecule has 0 unspecified atom stereocenters. The van der Waals surface area contributed by atoms with Crippen LogP contribution >= 0.6 is 0 Å². The Labute approximate surface area is 124 Å². The zero-order chi connectivity index (χ0) is 15.8. The lowest BCUT2D eigenvalue weighted by molar-refractivity contribution is -0.0653. The van der Waals surface area contributed by atoms with E-state index >= 15 is 0 Å². The summed E-state index contributed by atoms with van der Waals surface area (Å²) in [6.07, 6.45) is 1.32. The smallest absolute Gasteiger partial charge is 0.335 e. The molecule has 21 heavy (non-hydrogen) atoms. The standard InChI is InChI=1S/C14H19NO5S/c1-3-6-14(18)8-15(9-14)21(19,20)12-7-11(13(16)17)5-4-10(12)2/h4-5,7,18H,3,6,8-9H2,1-2H3,(H,16,17). The van der Waals surface area contributed by atoms with Crippen LogP contribution in [0.4, 0.5) is 0 Å². The van der Waals surface area contributed by atoms with E-state index in [0.29, 0.717) is 12.0 Å². The number of aromatic carboxylic acids is 1. The van der Waals surface area contributed by atoms with Crippen LogP contribution in [0.3, 0.4) is 0 Å². The first-order chi connectivity index (χ1) is 9.69. The monoisotopic (exact) mass is 313 g/mol. The minimum atomic E-state index is -3.77. The van der Waals surface area contributed by atoms with Crippen LogP contribution in [0, 0.1) is 6.92 Å². The Kier molecular flexibility index (Phi) is 4.10. The van der Waals surface area contributed by atoms with Gasteiger partial charge in [0.1, 0.15) is 0 Å². The second kappa shape index (κ2) is 5.40. The molecule has 0 spiro atoms. The van der Waals surface area contributed by atoms with Crippen molar-refractivity contribution >= 4 is 16.0 Å². The SMILES string of the molecule is CCCC1(O)CN(S(=O)(=O)c2cc(C(=O)O)ccc2C)C1. The first-order valence-corrected chi connectivity index (χ1v) is 8.20. The maximum atomic E-state index is 12.5. The third-order valence-corrected chi connectivity index (χ3v) is 5.64. The molecular formula is C14H19NO5S. The second-order valence-corrected chi connectivity index (χ2v) is 7.44. The molecule has 0 atom stereocenters. The number of β-amino-alcohol motifs (C(OH)–C–C–N with tert-alkyl or cyclic N) is 1. The van der Waals surface area contributed by atoms with E-state index < -0.39 is 21.6 Å². The fraction of sp³-hybridized carbons (Fsp3) is 0.500. The van der Waals surface area contributed by atoms with Gasteiger partial charge in [-0.15, -0.1) is 0 Å². The van der Waals surface area contributed by atoms with Gasteiger partial charge in [0, 0.05) is 13.1 Å². The van der Waals surface area contributed by atoms with Gasteiger partial charge in [-0.2, -0.15) is 4.31 Å². The molecule has 2 N–H and O–H groups in total. The molecule has 2 rings (SSSR count). The summed E-state index contributed by atoms with van der Waals surface area (Å²) in [5, 5.41) is 19.1. The van der Waals surface area contributed by atoms with Gasteiger partial charge >= 0.3 is 5.97 Å². The summed E-state index contributed by atoms with van der Waals surface area (Å²) >= 11 is 0. The highest BCUT2D eigenvalue weighted by Gasteiger charge is 2.46. The van der Waals surface area contributed by atoms with Crippen LogP contribution in [-0.4, -0.2) is 47.6 Å². The predicted octanol–water partition coefficient (Wildman–Crippen LogP) is 1.23. The first kappa shape index (κ1) is 15.9. The molecule has 1 fully saturated rings. The summed E-state index contributed by atoms with van der Waals surface area (Å²) in [4.78, 5) is 11.0. The average Bonchev–Trinajstić information content (AvgIpc) is 2.36. The van der Waals surface area contributed by atoms with Gasteiger partial charge in [0.05, 0.1) is 16.1 Å². The Morgan fingerprint density at radius 2 is 2.00 bits per heavy atom. The Balaban J connectivity index is 2.30. The largest absolute Gasteiger partial charge is 0.478 e. The van der Waals surface area contributed by atoms with Gasteiger partial charge in [-0.1, -0.05) is 19.4 Å². The third kappa shape index (κ3) is 2.95. The maximum Gasteiger partial charge on any atom is 0.335 e. The van der Waals surface area contributed by atoms with Gasteiger partial charge in [0.2, 0.25) is 10.0 Å². The van der Waals surface area contributed by atoms with Crippen molar-refractivity contribution in [3.05, 3.63) is 29.3 Å². The molecule has 0 aliphatic carbocycles. The number of sulfonamides is 1. The number of nitrogens with zero attached hydrogens (tertiary/aromatic N) is 1. The fourth-order valence-corrected chi connectivity index (χ4v) is 4.40. The molecule has 1 saturated heterocycles. The minimum absolute atomic E-state index is 0.0130. The lowest BCUT2D eigenvalue weighted by Gasteiger charge is -2.45. The number of rotatable bonds is 5. The first-order valence-electron chi connectivity index (χ1n) is 6.76. The van der Waals surface area contributed by atoms with E-state index in [1.165, 1.54) is 22.5 Å². The second-order valence-electron chi connectivity index (χ2n) is 5.53. The van der Waals surface area contributed by atoms with E-state index in [9.17, 15) is 18.3 Å². The molecule has 116 valence electrons. The van der Waals surface area contributed by atoms with Crippen molar-refractivity contribution < 1.29 is 23.4 Å². The summed E-state index contributed by atoms with van der Waals surface area (Å²) in [5.74, 6) is -1.17. The lowest BCUT2D eigenvalue weighted by Crippen LogP contribution is -2.63. The molecule has 0 amide bonds. The highest BCUT2D eigenvalue weighted by atomic mass is 32.2. The normalized spacial score (nSPS) is 18.2. The fourth-order valence-electron chi connectivity index (χ4n) is 2.55. The third-order valence-electron chi connectivity index (χ3n) is 3.71. The van der Waals surface area contributed by atoms with Crippen molar-refractivity contribution in [1.82, 2.24) is 4.31 Å². The molecule has 1 aromatic carbocycles. The molecule has 0 saturated carbocycles. The molecule has 0 bridgehead atoms. The van der Waals surface area contributed by atoms with Gasteiger partial charge in [-0.25, -0.2) is 13.2 Å². The average molecular weight is 313 g/mol. The number of benzene rings is 1. The number of hydrogen-bond acceptors (Lipinski definition) is 4. The molecule has 0 aromatic heterocycles. The van der Waals surface area contributed by atoms with E-state index in [2.05, 4.69) is 0 Å². The Morgan fingerprint density at radius 3 is 2.52 bits per heavy atom. The number of hydrogen-bond donors (Lipinski definition) is 2. The number of carbonyl (C=O) groups is 1. The van der Waals surface area contributed by atoms with Crippen LogP contribution in [0.2, 0.25) is 0 Å². The van der Waals surface area contributed by atoms with Crippen LogP contribution in [0.25, 0.3) is 0 Å². The maximum absolute atomic E-state index is 12.5. The lowest BCUT2D eigenvalue weighted by atomic mass is 9.92. The van der Waals surface area contributed by atoms with Crippen molar-refractivity contribution in [3.8, 4) is 0 Å². The van der Waals surface area contributed by atoms with Crippen molar-refractivity contribution in [2.45, 2.75) is 37.2 Å². The van der Waals surface area contributed by atoms with E-state index in [1.807, 2.05) is 6.92 Å². The van der Waals surface area contributed by atoms with Crippen molar-refractivity contribution in [3.63, 3.8) is 0 Å². The number of carboxylic acids is 1. The molecule has 1 aliphatic heterocycles. The van der Waals surface area contributed by atoms with Gasteiger partial charge in [-0.3, -0.25) is 0 Å². The minimum Gasteiger partial charge on any atom is -0.478 e. The van der Waals surface area contributed by atoms with Crippen LogP contribution in [0.1, 0.15) is 35.7 Å². The predicted molar refractivity (Wildman–Crippen MR) is 76.8 cm³/mol. The van der Waals surface area contributed by atoms with E-state index in [-0.39, 0.29) is 23.5 Å². The van der Waals surface area contributed by atoms with Gasteiger partial charge in [-0.05, 0) is 31.0 Å². The van der Waals surface area contributed by atoms with Crippen molar-refractivity contribution in [2.24, 2.45) is 0 Å². The van der Waals surface area contributed by atoms with Crippen LogP contribution in [-0.2, 0) is 10.0 Å². The molecule has 6 nitrogen and oxygen atoms in total. The summed E-state index contributed by atoms with van der Waals surface area (Å²) in [6.45, 7) is 3.66. The molecule has 0 radical (unpaired) electrons. The molecule has 1 heterocycles. The van der Waals surface area contributed by atoms with E-state index in [4.69, 9.17) is 5.11 Å². The van der Waals surface area contributed by atoms with Crippen LogP contribution in [0.15, 0.2) is 23.1 Å². The zero-order valence-electron chi connectivity index (χ0n) is 12.0. The molecule has 1 aromatic rings. The van der Waals surface area contributed by atoms with Gasteiger partial charge in [0.15, 0.2) is 0 Å². The zero-order valence-corrected chi connectivity index (χ0v) is 12.9. The topological polar surface area (TPSA) is 94.9 Å². The molecule has 7 heteroatoms. The summed E-state index contributed by atoms with van der Waals surface area (Å²) in [7, 11) is -3.77. The number of carboxylic acid groups (broad SMARTS) is 1. The van der Waals surface area contributed by atoms with Crippen LogP contribution < -0.4 is 0 Å². The Hall–Kier alpha value is -1.44. The van der Waals surface area contributed by atoms with Crippen molar-refractivity contribution in [2.75, 3.05) is 13.1 Å². The summed E-state index contributed by atoms with van der Waals surface area (Å²) < 4.78 is 26.2. The quantitative estimate of drug-likeness (QED) is 0.852. The van der Waals surface area contributed by atoms with Gasteiger partial charge in [0.25, 0.3) is 0 Å². The number of aliphatic hydroxyl groups is 1. The molecule has 1 aliphatic rings. The summed E-state index contributed by atoms with van der Waals surface area (Å²) in [6, 6.07) is 4.03. The Morgan fingerprint density at radius 1 is 1.38 bits per heavy atom. The van der Waals surface area contributed by atoms with Gasteiger partial charge < -0.3 is 10.2 Å². The highest BCUT2D eigenvalue weighted by Crippen LogP contribution is 2.32.